The van der Waals surface area contributed by atoms with Crippen LogP contribution in [-0.2, 0) is 33.8 Å². The highest BCUT2D eigenvalue weighted by Crippen LogP contribution is 2.38. The van der Waals surface area contributed by atoms with E-state index in [1.54, 1.807) is 11.7 Å². The molecule has 1 aromatic carbocycles. The molecule has 180 valence electrons. The van der Waals surface area contributed by atoms with Gasteiger partial charge in [0.15, 0.2) is 0 Å². The van der Waals surface area contributed by atoms with Crippen molar-refractivity contribution in [2.45, 2.75) is 45.9 Å². The van der Waals surface area contributed by atoms with Gasteiger partial charge in [-0.05, 0) is 68.8 Å². The summed E-state index contributed by atoms with van der Waals surface area (Å²) < 4.78 is 18.1. The Hall–Kier alpha value is -3.23. The van der Waals surface area contributed by atoms with Crippen molar-refractivity contribution in [1.29, 1.82) is 0 Å². The molecule has 1 N–H and O–H groups in total. The molecule has 34 heavy (non-hydrogen) atoms. The highest BCUT2D eigenvalue weighted by molar-refractivity contribution is 5.89. The second-order valence-corrected chi connectivity index (χ2v) is 8.40. The van der Waals surface area contributed by atoms with E-state index >= 15 is 0 Å². The van der Waals surface area contributed by atoms with Crippen molar-refractivity contribution in [2.24, 2.45) is 0 Å². The predicted molar refractivity (Wildman–Crippen MR) is 130 cm³/mol. The molecule has 0 fully saturated rings. The fourth-order valence-corrected chi connectivity index (χ4v) is 4.63. The Morgan fingerprint density at radius 1 is 1.26 bits per heavy atom. The SMILES string of the molecule is CCc1c2c(nc3ccc(OCCCNC)cc13)-c1cc(C(C)OC)c(COC=O)c(=O)n1C2. The highest BCUT2D eigenvalue weighted by atomic mass is 16.5. The number of benzene rings is 1. The third-order valence-corrected chi connectivity index (χ3v) is 6.45. The molecule has 1 unspecified atom stereocenters. The summed E-state index contributed by atoms with van der Waals surface area (Å²) in [4.78, 5) is 29.2. The molecule has 3 heterocycles. The first kappa shape index (κ1) is 23.9. The van der Waals surface area contributed by atoms with Crippen molar-refractivity contribution >= 4 is 17.4 Å². The molecule has 0 saturated heterocycles. The molecule has 4 rings (SSSR count). The van der Waals surface area contributed by atoms with Crippen LogP contribution < -0.4 is 15.6 Å². The number of aromatic nitrogens is 2. The largest absolute Gasteiger partial charge is 0.494 e. The van der Waals surface area contributed by atoms with Gasteiger partial charge in [-0.1, -0.05) is 6.92 Å². The lowest BCUT2D eigenvalue weighted by atomic mass is 9.98. The topological polar surface area (TPSA) is 91.7 Å². The summed E-state index contributed by atoms with van der Waals surface area (Å²) in [6, 6.07) is 7.92. The molecule has 0 aliphatic carbocycles. The molecule has 1 atom stereocenters. The average molecular weight is 466 g/mol. The summed E-state index contributed by atoms with van der Waals surface area (Å²) in [6.45, 7) is 6.22. The van der Waals surface area contributed by atoms with Crippen molar-refractivity contribution < 1.29 is 19.0 Å². The zero-order valence-electron chi connectivity index (χ0n) is 20.1. The van der Waals surface area contributed by atoms with Crippen LogP contribution >= 0.6 is 0 Å². The predicted octanol–water partition coefficient (Wildman–Crippen LogP) is 3.36. The van der Waals surface area contributed by atoms with Crippen LogP contribution in [0.1, 0.15) is 48.6 Å². The van der Waals surface area contributed by atoms with Crippen LogP contribution in [0.25, 0.3) is 22.3 Å². The van der Waals surface area contributed by atoms with Crippen molar-refractivity contribution in [1.82, 2.24) is 14.9 Å². The van der Waals surface area contributed by atoms with E-state index in [2.05, 4.69) is 12.2 Å². The number of hydrogen-bond donors (Lipinski definition) is 1. The zero-order valence-corrected chi connectivity index (χ0v) is 20.1. The molecule has 0 radical (unpaired) electrons. The van der Waals surface area contributed by atoms with Gasteiger partial charge >= 0.3 is 0 Å². The Labute approximate surface area is 198 Å². The smallest absolute Gasteiger partial charge is 0.293 e. The van der Waals surface area contributed by atoms with Gasteiger partial charge in [-0.3, -0.25) is 9.59 Å². The molecule has 0 saturated carbocycles. The van der Waals surface area contributed by atoms with Crippen LogP contribution in [0.3, 0.4) is 0 Å². The Bertz CT molecular complexity index is 1270. The summed E-state index contributed by atoms with van der Waals surface area (Å²) in [6.07, 6.45) is 1.39. The molecule has 2 aromatic heterocycles. The Morgan fingerprint density at radius 2 is 2.09 bits per heavy atom. The molecule has 1 aliphatic heterocycles. The molecule has 1 aliphatic rings. The number of methoxy groups -OCH3 is 1. The van der Waals surface area contributed by atoms with E-state index in [4.69, 9.17) is 19.2 Å². The number of carbonyl (C=O) groups excluding carboxylic acids is 1. The maximum absolute atomic E-state index is 13.5. The lowest BCUT2D eigenvalue weighted by Gasteiger charge is -2.17. The number of hydrogen-bond acceptors (Lipinski definition) is 7. The minimum absolute atomic E-state index is 0.0910. The number of carbonyl (C=O) groups is 1. The first-order valence-electron chi connectivity index (χ1n) is 11.6. The zero-order chi connectivity index (χ0) is 24.2. The van der Waals surface area contributed by atoms with Gasteiger partial charge in [0.25, 0.3) is 12.0 Å². The van der Waals surface area contributed by atoms with Crippen LogP contribution in [0.2, 0.25) is 0 Å². The molecule has 8 nitrogen and oxygen atoms in total. The first-order chi connectivity index (χ1) is 16.5. The lowest BCUT2D eigenvalue weighted by Crippen LogP contribution is -2.26. The summed E-state index contributed by atoms with van der Waals surface area (Å²) in [5.74, 6) is 0.817. The van der Waals surface area contributed by atoms with Crippen LogP contribution in [0.4, 0.5) is 0 Å². The number of aryl methyl sites for hydroxylation is 1. The van der Waals surface area contributed by atoms with Gasteiger partial charge in [-0.25, -0.2) is 4.98 Å². The van der Waals surface area contributed by atoms with Crippen molar-refractivity contribution in [3.05, 3.63) is 56.9 Å². The number of nitrogens with one attached hydrogen (secondary N) is 1. The molecular weight excluding hydrogens is 434 g/mol. The van der Waals surface area contributed by atoms with Crippen LogP contribution in [0.15, 0.2) is 29.1 Å². The van der Waals surface area contributed by atoms with Crippen LogP contribution in [0.5, 0.6) is 5.75 Å². The molecular formula is C26H31N3O5. The average Bonchev–Trinajstić information content (AvgIpc) is 3.22. The summed E-state index contributed by atoms with van der Waals surface area (Å²) in [5, 5.41) is 4.17. The number of pyridine rings is 2. The molecule has 0 spiro atoms. The molecule has 3 aromatic rings. The molecule has 8 heteroatoms. The number of nitrogens with zero attached hydrogens (tertiary/aromatic N) is 2. The van der Waals surface area contributed by atoms with Gasteiger partial charge in [-0.2, -0.15) is 0 Å². The third kappa shape index (κ3) is 4.31. The number of rotatable bonds is 11. The minimum atomic E-state index is -0.332. The number of fused-ring (bicyclic) bond motifs is 4. The standard InChI is InChI=1S/C26H31N3O5/c1-5-18-20-11-17(34-10-6-9-27-3)7-8-23(20)28-25-21(18)13-29-24(25)12-19(16(2)32-4)22(26(29)31)14-33-15-30/h7-8,11-12,15-16,27H,5-6,9-10,13-14H2,1-4H3. The number of ether oxygens (including phenoxy) is 3. The van der Waals surface area contributed by atoms with Crippen molar-refractivity contribution in [3.8, 4) is 17.1 Å². The fraction of sp³-hybridized carbons (Fsp3) is 0.423. The normalized spacial score (nSPS) is 12.9. The monoisotopic (exact) mass is 465 g/mol. The van der Waals surface area contributed by atoms with Gasteiger partial charge < -0.3 is 24.1 Å². The van der Waals surface area contributed by atoms with E-state index < -0.39 is 0 Å². The maximum atomic E-state index is 13.5. The highest BCUT2D eigenvalue weighted by Gasteiger charge is 2.29. The summed E-state index contributed by atoms with van der Waals surface area (Å²) in [5.41, 5.74) is 5.61. The van der Waals surface area contributed by atoms with E-state index in [-0.39, 0.29) is 18.3 Å². The Balaban J connectivity index is 1.82. The molecule has 0 amide bonds. The van der Waals surface area contributed by atoms with Gasteiger partial charge in [0.1, 0.15) is 12.4 Å². The maximum Gasteiger partial charge on any atom is 0.293 e. The van der Waals surface area contributed by atoms with Gasteiger partial charge in [-0.15, -0.1) is 0 Å². The van der Waals surface area contributed by atoms with Gasteiger partial charge in [0.2, 0.25) is 0 Å². The van der Waals surface area contributed by atoms with E-state index in [1.807, 2.05) is 38.2 Å². The second-order valence-electron chi connectivity index (χ2n) is 8.40. The Morgan fingerprint density at radius 3 is 2.79 bits per heavy atom. The van der Waals surface area contributed by atoms with Crippen molar-refractivity contribution in [3.63, 3.8) is 0 Å². The van der Waals surface area contributed by atoms with E-state index in [0.29, 0.717) is 30.8 Å². The lowest BCUT2D eigenvalue weighted by molar-refractivity contribution is -0.129. The summed E-state index contributed by atoms with van der Waals surface area (Å²) >= 11 is 0. The Kier molecular flexibility index (Phi) is 7.29. The third-order valence-electron chi connectivity index (χ3n) is 6.45. The van der Waals surface area contributed by atoms with E-state index in [0.717, 1.165) is 58.6 Å². The summed E-state index contributed by atoms with van der Waals surface area (Å²) in [7, 11) is 3.52. The minimum Gasteiger partial charge on any atom is -0.494 e. The van der Waals surface area contributed by atoms with E-state index in [1.165, 1.54) is 0 Å². The molecule has 0 bridgehead atoms. The van der Waals surface area contributed by atoms with Crippen LogP contribution in [0, 0.1) is 0 Å². The van der Waals surface area contributed by atoms with Gasteiger partial charge in [0, 0.05) is 18.1 Å². The van der Waals surface area contributed by atoms with Crippen molar-refractivity contribution in [2.75, 3.05) is 27.3 Å². The van der Waals surface area contributed by atoms with Gasteiger partial charge in [0.05, 0.1) is 41.7 Å². The quantitative estimate of drug-likeness (QED) is 0.268. The second kappa shape index (κ2) is 10.4. The van der Waals surface area contributed by atoms with E-state index in [9.17, 15) is 9.59 Å². The van der Waals surface area contributed by atoms with Crippen LogP contribution in [-0.4, -0.2) is 43.3 Å². The first-order valence-corrected chi connectivity index (χ1v) is 11.6. The fourth-order valence-electron chi connectivity index (χ4n) is 4.63.